The van der Waals surface area contributed by atoms with Gasteiger partial charge in [0, 0.05) is 11.1 Å². The number of H-pyrrole nitrogens is 1. The largest absolute Gasteiger partial charge is 0.289 e. The number of aromatic nitrogens is 2. The van der Waals surface area contributed by atoms with Crippen LogP contribution >= 0.6 is 0 Å². The predicted octanol–water partition coefficient (Wildman–Crippen LogP) is 3.60. The monoisotopic (exact) mass is 336 g/mol. The zero-order valence-corrected chi connectivity index (χ0v) is 13.9. The Morgan fingerprint density at radius 1 is 1.16 bits per heavy atom. The molecule has 3 rings (SSSR count). The van der Waals surface area contributed by atoms with Gasteiger partial charge < -0.3 is 0 Å². The molecule has 0 aliphatic heterocycles. The zero-order chi connectivity index (χ0) is 17.8. The Balaban J connectivity index is 1.70. The molecule has 0 aliphatic carbocycles. The fourth-order valence-corrected chi connectivity index (χ4v) is 2.29. The third-order valence-corrected chi connectivity index (χ3v) is 3.90. The Kier molecular flexibility index (Phi) is 4.70. The molecule has 1 heterocycles. The van der Waals surface area contributed by atoms with Gasteiger partial charge >= 0.3 is 0 Å². The molecule has 3 aromatic rings. The SMILES string of the molecule is Cc1ccc(-c2cc(C(=O)NN=Cc3ccccc3F)[nH]n2)cc1C. The number of aromatic amines is 1. The van der Waals surface area contributed by atoms with Crippen LogP contribution in [0.4, 0.5) is 4.39 Å². The second-order valence-electron chi connectivity index (χ2n) is 5.69. The fraction of sp³-hybridized carbons (Fsp3) is 0.105. The van der Waals surface area contributed by atoms with Crippen LogP contribution in [0, 0.1) is 19.7 Å². The van der Waals surface area contributed by atoms with Gasteiger partial charge in [0.2, 0.25) is 0 Å². The molecule has 0 bridgehead atoms. The Labute approximate surface area is 144 Å². The van der Waals surface area contributed by atoms with Gasteiger partial charge in [-0.3, -0.25) is 9.89 Å². The van der Waals surface area contributed by atoms with E-state index in [9.17, 15) is 9.18 Å². The van der Waals surface area contributed by atoms with Crippen molar-refractivity contribution in [1.82, 2.24) is 15.6 Å². The van der Waals surface area contributed by atoms with Gasteiger partial charge in [0.25, 0.3) is 5.91 Å². The van der Waals surface area contributed by atoms with Crippen molar-refractivity contribution in [2.75, 3.05) is 0 Å². The van der Waals surface area contributed by atoms with Gasteiger partial charge in [0.15, 0.2) is 0 Å². The van der Waals surface area contributed by atoms with E-state index in [0.717, 1.165) is 11.1 Å². The second kappa shape index (κ2) is 7.09. The van der Waals surface area contributed by atoms with Crippen LogP contribution in [0.15, 0.2) is 53.6 Å². The van der Waals surface area contributed by atoms with Gasteiger partial charge in [-0.1, -0.05) is 30.3 Å². The maximum Gasteiger partial charge on any atom is 0.289 e. The van der Waals surface area contributed by atoms with Crippen LogP contribution in [0.3, 0.4) is 0 Å². The number of carbonyl (C=O) groups is 1. The van der Waals surface area contributed by atoms with Gasteiger partial charge in [-0.05, 0) is 43.2 Å². The number of amides is 1. The lowest BCUT2D eigenvalue weighted by molar-refractivity contribution is 0.0950. The number of rotatable bonds is 4. The molecule has 6 heteroatoms. The third-order valence-electron chi connectivity index (χ3n) is 3.90. The number of hydrogen-bond acceptors (Lipinski definition) is 3. The minimum absolute atomic E-state index is 0.277. The number of hydrazone groups is 1. The molecule has 0 spiro atoms. The molecule has 0 radical (unpaired) electrons. The average molecular weight is 336 g/mol. The van der Waals surface area contributed by atoms with Crippen molar-refractivity contribution in [3.8, 4) is 11.3 Å². The summed E-state index contributed by atoms with van der Waals surface area (Å²) in [6, 6.07) is 13.8. The number of hydrogen-bond donors (Lipinski definition) is 2. The molecule has 25 heavy (non-hydrogen) atoms. The zero-order valence-electron chi connectivity index (χ0n) is 13.9. The maximum atomic E-state index is 13.5. The van der Waals surface area contributed by atoms with Crippen LogP contribution in [-0.4, -0.2) is 22.3 Å². The Morgan fingerprint density at radius 2 is 1.96 bits per heavy atom. The average Bonchev–Trinajstić information content (AvgIpc) is 3.09. The summed E-state index contributed by atoms with van der Waals surface area (Å²) in [6.45, 7) is 4.06. The highest BCUT2D eigenvalue weighted by molar-refractivity contribution is 5.94. The van der Waals surface area contributed by atoms with E-state index in [4.69, 9.17) is 0 Å². The van der Waals surface area contributed by atoms with Crippen molar-refractivity contribution >= 4 is 12.1 Å². The van der Waals surface area contributed by atoms with Gasteiger partial charge in [-0.25, -0.2) is 9.82 Å². The minimum atomic E-state index is -0.449. The predicted molar refractivity (Wildman–Crippen MR) is 95.0 cm³/mol. The van der Waals surface area contributed by atoms with Gasteiger partial charge in [-0.2, -0.15) is 10.2 Å². The molecule has 126 valence electrons. The highest BCUT2D eigenvalue weighted by atomic mass is 19.1. The number of nitrogens with one attached hydrogen (secondary N) is 2. The Morgan fingerprint density at radius 3 is 2.72 bits per heavy atom. The van der Waals surface area contributed by atoms with Crippen molar-refractivity contribution in [3.63, 3.8) is 0 Å². The minimum Gasteiger partial charge on any atom is -0.272 e. The summed E-state index contributed by atoms with van der Waals surface area (Å²) in [7, 11) is 0. The summed E-state index contributed by atoms with van der Waals surface area (Å²) >= 11 is 0. The maximum absolute atomic E-state index is 13.5. The molecule has 0 saturated heterocycles. The highest BCUT2D eigenvalue weighted by Crippen LogP contribution is 2.20. The van der Waals surface area contributed by atoms with E-state index in [1.807, 2.05) is 32.0 Å². The summed E-state index contributed by atoms with van der Waals surface area (Å²) in [5.41, 5.74) is 6.87. The topological polar surface area (TPSA) is 70.1 Å². The van der Waals surface area contributed by atoms with Crippen molar-refractivity contribution in [1.29, 1.82) is 0 Å². The normalized spacial score (nSPS) is 11.0. The first-order valence-electron chi connectivity index (χ1n) is 7.75. The summed E-state index contributed by atoms with van der Waals surface area (Å²) < 4.78 is 13.5. The number of nitrogens with zero attached hydrogens (tertiary/aromatic N) is 2. The number of halogens is 1. The molecule has 0 aliphatic rings. The quantitative estimate of drug-likeness (QED) is 0.564. The van der Waals surface area contributed by atoms with E-state index >= 15 is 0 Å². The molecule has 2 N–H and O–H groups in total. The number of benzene rings is 2. The van der Waals surface area contributed by atoms with Crippen LogP contribution in [0.1, 0.15) is 27.2 Å². The molecule has 5 nitrogen and oxygen atoms in total. The molecule has 1 aromatic heterocycles. The van der Waals surface area contributed by atoms with E-state index in [1.54, 1.807) is 24.3 Å². The molecule has 0 saturated carbocycles. The first kappa shape index (κ1) is 16.6. The van der Waals surface area contributed by atoms with Gasteiger partial charge in [-0.15, -0.1) is 0 Å². The Hall–Kier alpha value is -3.28. The van der Waals surface area contributed by atoms with Gasteiger partial charge in [0.1, 0.15) is 11.5 Å². The van der Waals surface area contributed by atoms with E-state index in [0.29, 0.717) is 11.3 Å². The van der Waals surface area contributed by atoms with Crippen LogP contribution < -0.4 is 5.43 Å². The van der Waals surface area contributed by atoms with Crippen LogP contribution in [-0.2, 0) is 0 Å². The highest BCUT2D eigenvalue weighted by Gasteiger charge is 2.11. The second-order valence-corrected chi connectivity index (χ2v) is 5.69. The number of aryl methyl sites for hydroxylation is 2. The van der Waals surface area contributed by atoms with Crippen LogP contribution in [0.5, 0.6) is 0 Å². The van der Waals surface area contributed by atoms with Crippen LogP contribution in [0.2, 0.25) is 0 Å². The van der Waals surface area contributed by atoms with Crippen molar-refractivity contribution in [2.45, 2.75) is 13.8 Å². The van der Waals surface area contributed by atoms with Crippen molar-refractivity contribution in [3.05, 3.63) is 76.7 Å². The molecule has 1 amide bonds. The molecule has 0 fully saturated rings. The first-order valence-corrected chi connectivity index (χ1v) is 7.75. The van der Waals surface area contributed by atoms with Gasteiger partial charge in [0.05, 0.1) is 11.9 Å². The lowest BCUT2D eigenvalue weighted by Gasteiger charge is -2.01. The molecule has 0 unspecified atom stereocenters. The summed E-state index contributed by atoms with van der Waals surface area (Å²) in [6.07, 6.45) is 1.26. The Bertz CT molecular complexity index is 946. The standard InChI is InChI=1S/C19H17FN4O/c1-12-7-8-14(9-13(12)2)17-10-18(23-22-17)19(25)24-21-11-15-5-3-4-6-16(15)20/h3-11H,1-2H3,(H,22,23)(H,24,25). The molecule has 2 aromatic carbocycles. The lowest BCUT2D eigenvalue weighted by Crippen LogP contribution is -2.18. The van der Waals surface area contributed by atoms with Crippen LogP contribution in [0.25, 0.3) is 11.3 Å². The smallest absolute Gasteiger partial charge is 0.272 e. The van der Waals surface area contributed by atoms with E-state index < -0.39 is 11.7 Å². The fourth-order valence-electron chi connectivity index (χ4n) is 2.29. The summed E-state index contributed by atoms with van der Waals surface area (Å²) in [4.78, 5) is 12.1. The molecular weight excluding hydrogens is 319 g/mol. The first-order chi connectivity index (χ1) is 12.0. The summed E-state index contributed by atoms with van der Waals surface area (Å²) in [5, 5.41) is 10.6. The van der Waals surface area contributed by atoms with E-state index in [1.165, 1.54) is 17.8 Å². The third kappa shape index (κ3) is 3.80. The van der Waals surface area contributed by atoms with E-state index in [-0.39, 0.29) is 5.69 Å². The lowest BCUT2D eigenvalue weighted by atomic mass is 10.0. The number of carbonyl (C=O) groups excluding carboxylic acids is 1. The summed E-state index contributed by atoms with van der Waals surface area (Å²) in [5.74, 6) is -0.853. The molecular formula is C19H17FN4O. The van der Waals surface area contributed by atoms with E-state index in [2.05, 4.69) is 20.7 Å². The molecule has 0 atom stereocenters. The van der Waals surface area contributed by atoms with Crippen molar-refractivity contribution in [2.24, 2.45) is 5.10 Å². The van der Waals surface area contributed by atoms with Crippen molar-refractivity contribution < 1.29 is 9.18 Å².